The summed E-state index contributed by atoms with van der Waals surface area (Å²) >= 11 is 0. The van der Waals surface area contributed by atoms with E-state index in [1.165, 1.54) is 0 Å². The molecule has 1 aliphatic carbocycles. The lowest BCUT2D eigenvalue weighted by molar-refractivity contribution is 0.0515. The number of hydrogen-bond donors (Lipinski definition) is 0. The van der Waals surface area contributed by atoms with Crippen LogP contribution in [0.25, 0.3) is 5.69 Å². The molecule has 29 heavy (non-hydrogen) atoms. The first-order chi connectivity index (χ1) is 14.2. The number of hydrogen-bond acceptors (Lipinski definition) is 4. The molecular formula is C23H23N3O3. The van der Waals surface area contributed by atoms with Gasteiger partial charge in [-0.25, -0.2) is 4.68 Å². The standard InChI is InChI=1S/C23H23N3O3/c1-25(14-18-15-28-21-9-5-6-10-22(21)29-18)23(27)20-13-19(16-11-12-16)24-26(20)17-7-3-2-4-8-17/h2-10,13,16,18H,11-12,14-15H2,1H3/t18-/m1/s1. The van der Waals surface area contributed by atoms with E-state index >= 15 is 0 Å². The molecule has 0 spiro atoms. The third-order valence-electron chi connectivity index (χ3n) is 5.34. The summed E-state index contributed by atoms with van der Waals surface area (Å²) in [7, 11) is 1.80. The van der Waals surface area contributed by atoms with Crippen molar-refractivity contribution in [3.63, 3.8) is 0 Å². The van der Waals surface area contributed by atoms with Crippen LogP contribution in [0.2, 0.25) is 0 Å². The van der Waals surface area contributed by atoms with Crippen molar-refractivity contribution in [2.45, 2.75) is 24.9 Å². The molecule has 6 heteroatoms. The Morgan fingerprint density at radius 2 is 1.83 bits per heavy atom. The van der Waals surface area contributed by atoms with Gasteiger partial charge in [-0.05, 0) is 43.2 Å². The number of fused-ring (bicyclic) bond motifs is 1. The molecule has 2 aliphatic rings. The van der Waals surface area contributed by atoms with Crippen LogP contribution >= 0.6 is 0 Å². The van der Waals surface area contributed by atoms with Gasteiger partial charge in [-0.2, -0.15) is 5.10 Å². The maximum atomic E-state index is 13.3. The van der Waals surface area contributed by atoms with Crippen molar-refractivity contribution in [2.75, 3.05) is 20.2 Å². The van der Waals surface area contributed by atoms with Crippen LogP contribution in [0.15, 0.2) is 60.7 Å². The van der Waals surface area contributed by atoms with Gasteiger partial charge in [0.25, 0.3) is 5.91 Å². The number of carbonyl (C=O) groups excluding carboxylic acids is 1. The first-order valence-corrected chi connectivity index (χ1v) is 9.98. The maximum absolute atomic E-state index is 13.3. The van der Waals surface area contributed by atoms with E-state index in [-0.39, 0.29) is 12.0 Å². The Bertz CT molecular complexity index is 1030. The molecule has 1 aromatic heterocycles. The molecule has 0 bridgehead atoms. The lowest BCUT2D eigenvalue weighted by atomic mass is 10.2. The van der Waals surface area contributed by atoms with E-state index in [0.717, 1.165) is 35.7 Å². The molecule has 2 aromatic carbocycles. The predicted octanol–water partition coefficient (Wildman–Crippen LogP) is 3.66. The van der Waals surface area contributed by atoms with E-state index in [0.29, 0.717) is 24.8 Å². The zero-order valence-corrected chi connectivity index (χ0v) is 16.3. The summed E-state index contributed by atoms with van der Waals surface area (Å²) < 4.78 is 13.6. The molecule has 5 rings (SSSR count). The Morgan fingerprint density at radius 3 is 2.59 bits per heavy atom. The van der Waals surface area contributed by atoms with Crippen molar-refractivity contribution in [2.24, 2.45) is 0 Å². The van der Waals surface area contributed by atoms with Gasteiger partial charge < -0.3 is 14.4 Å². The van der Waals surface area contributed by atoms with Crippen molar-refractivity contribution in [3.8, 4) is 17.2 Å². The predicted molar refractivity (Wildman–Crippen MR) is 109 cm³/mol. The van der Waals surface area contributed by atoms with Gasteiger partial charge in [-0.1, -0.05) is 30.3 Å². The second kappa shape index (κ2) is 7.28. The molecule has 0 N–H and O–H groups in total. The molecule has 2 heterocycles. The average molecular weight is 389 g/mol. The zero-order chi connectivity index (χ0) is 19.8. The van der Waals surface area contributed by atoms with Crippen LogP contribution in [0, 0.1) is 0 Å². The summed E-state index contributed by atoms with van der Waals surface area (Å²) in [5.74, 6) is 1.86. The number of rotatable bonds is 5. The van der Waals surface area contributed by atoms with Crippen molar-refractivity contribution in [3.05, 3.63) is 72.1 Å². The van der Waals surface area contributed by atoms with Gasteiger partial charge in [-0.3, -0.25) is 4.79 Å². The summed E-state index contributed by atoms with van der Waals surface area (Å²) in [6.07, 6.45) is 2.07. The third kappa shape index (κ3) is 3.58. The molecule has 1 fully saturated rings. The van der Waals surface area contributed by atoms with E-state index in [1.807, 2.05) is 60.7 Å². The van der Waals surface area contributed by atoms with E-state index in [1.54, 1.807) is 16.6 Å². The summed E-state index contributed by atoms with van der Waals surface area (Å²) in [6.45, 7) is 0.853. The topological polar surface area (TPSA) is 56.6 Å². The molecule has 3 aromatic rings. The smallest absolute Gasteiger partial charge is 0.272 e. The molecule has 6 nitrogen and oxygen atoms in total. The molecule has 1 amide bonds. The van der Waals surface area contributed by atoms with E-state index < -0.39 is 0 Å². The molecular weight excluding hydrogens is 366 g/mol. The lowest BCUT2D eigenvalue weighted by Crippen LogP contribution is -2.42. The minimum absolute atomic E-state index is 0.0734. The van der Waals surface area contributed by atoms with Crippen molar-refractivity contribution in [1.29, 1.82) is 0 Å². The number of ether oxygens (including phenoxy) is 2. The van der Waals surface area contributed by atoms with E-state index in [9.17, 15) is 4.79 Å². The Morgan fingerprint density at radius 1 is 1.10 bits per heavy atom. The van der Waals surface area contributed by atoms with Gasteiger partial charge >= 0.3 is 0 Å². The molecule has 1 atom stereocenters. The number of likely N-dealkylation sites (N-methyl/N-ethyl adjacent to an activating group) is 1. The van der Waals surface area contributed by atoms with Crippen LogP contribution in [0.4, 0.5) is 0 Å². The van der Waals surface area contributed by atoms with Crippen LogP contribution in [0.3, 0.4) is 0 Å². The van der Waals surface area contributed by atoms with Crippen molar-refractivity contribution >= 4 is 5.91 Å². The molecule has 0 saturated heterocycles. The van der Waals surface area contributed by atoms with Gasteiger partial charge in [0.15, 0.2) is 17.6 Å². The number of amides is 1. The van der Waals surface area contributed by atoms with Gasteiger partial charge in [0.1, 0.15) is 12.3 Å². The summed E-state index contributed by atoms with van der Waals surface area (Å²) in [4.78, 5) is 15.0. The number of aromatic nitrogens is 2. The number of para-hydroxylation sites is 3. The number of nitrogens with zero attached hydrogens (tertiary/aromatic N) is 3. The second-order valence-corrected chi connectivity index (χ2v) is 7.66. The molecule has 1 aliphatic heterocycles. The van der Waals surface area contributed by atoms with Crippen LogP contribution in [0.5, 0.6) is 11.5 Å². The minimum atomic E-state index is -0.213. The Labute approximate surface area is 169 Å². The van der Waals surface area contributed by atoms with Crippen LogP contribution in [0.1, 0.15) is 34.9 Å². The highest BCUT2D eigenvalue weighted by atomic mass is 16.6. The maximum Gasteiger partial charge on any atom is 0.272 e. The highest BCUT2D eigenvalue weighted by Gasteiger charge is 2.31. The molecule has 1 saturated carbocycles. The van der Waals surface area contributed by atoms with Gasteiger partial charge in [0.05, 0.1) is 17.9 Å². The van der Waals surface area contributed by atoms with Crippen LogP contribution < -0.4 is 9.47 Å². The van der Waals surface area contributed by atoms with Crippen molar-refractivity contribution < 1.29 is 14.3 Å². The Balaban J connectivity index is 1.36. The Kier molecular flexibility index (Phi) is 4.46. The van der Waals surface area contributed by atoms with Gasteiger partial charge in [0, 0.05) is 13.0 Å². The third-order valence-corrected chi connectivity index (χ3v) is 5.34. The normalized spacial score (nSPS) is 17.8. The Hall–Kier alpha value is -3.28. The second-order valence-electron chi connectivity index (χ2n) is 7.66. The number of benzene rings is 2. The van der Waals surface area contributed by atoms with Crippen LogP contribution in [-0.4, -0.2) is 46.9 Å². The fourth-order valence-corrected chi connectivity index (χ4v) is 3.63. The van der Waals surface area contributed by atoms with Crippen molar-refractivity contribution in [1.82, 2.24) is 14.7 Å². The minimum Gasteiger partial charge on any atom is -0.486 e. The average Bonchev–Trinajstić information content (AvgIpc) is 3.52. The highest BCUT2D eigenvalue weighted by Crippen LogP contribution is 2.40. The summed E-state index contributed by atoms with van der Waals surface area (Å²) in [5, 5.41) is 4.74. The SMILES string of the molecule is CN(C[C@@H]1COc2ccccc2O1)C(=O)c1cc(C2CC2)nn1-c1ccccc1. The van der Waals surface area contributed by atoms with Crippen LogP contribution in [-0.2, 0) is 0 Å². The van der Waals surface area contributed by atoms with Gasteiger partial charge in [0.2, 0.25) is 0 Å². The quantitative estimate of drug-likeness (QED) is 0.668. The summed E-state index contributed by atoms with van der Waals surface area (Å²) in [5.41, 5.74) is 2.47. The monoisotopic (exact) mass is 389 g/mol. The summed E-state index contributed by atoms with van der Waals surface area (Å²) in [6, 6.07) is 19.3. The molecule has 0 unspecified atom stereocenters. The fraction of sp³-hybridized carbons (Fsp3) is 0.304. The number of carbonyl (C=O) groups is 1. The van der Waals surface area contributed by atoms with E-state index in [2.05, 4.69) is 0 Å². The molecule has 0 radical (unpaired) electrons. The largest absolute Gasteiger partial charge is 0.486 e. The fourth-order valence-electron chi connectivity index (χ4n) is 3.63. The van der Waals surface area contributed by atoms with Gasteiger partial charge in [-0.15, -0.1) is 0 Å². The first kappa shape index (κ1) is 17.8. The first-order valence-electron chi connectivity index (χ1n) is 9.98. The molecule has 148 valence electrons. The lowest BCUT2D eigenvalue weighted by Gasteiger charge is -2.29. The zero-order valence-electron chi connectivity index (χ0n) is 16.3. The van der Waals surface area contributed by atoms with E-state index in [4.69, 9.17) is 14.6 Å². The highest BCUT2D eigenvalue weighted by molar-refractivity contribution is 5.93.